The first-order valence-corrected chi connectivity index (χ1v) is 10.4. The Balaban J connectivity index is 1.71. The second-order valence-electron chi connectivity index (χ2n) is 8.00. The van der Waals surface area contributed by atoms with Gasteiger partial charge in [0.05, 0.1) is 24.1 Å². The fourth-order valence-electron chi connectivity index (χ4n) is 4.38. The number of hydrogen-bond acceptors (Lipinski definition) is 7. The second kappa shape index (κ2) is 8.61. The van der Waals surface area contributed by atoms with Crippen LogP contribution < -0.4 is 10.5 Å². The number of benzene rings is 1. The van der Waals surface area contributed by atoms with Crippen LogP contribution >= 0.6 is 0 Å². The van der Waals surface area contributed by atoms with Crippen LogP contribution in [0.3, 0.4) is 0 Å². The van der Waals surface area contributed by atoms with Gasteiger partial charge in [-0.3, -0.25) is 4.79 Å². The number of alkyl halides is 2. The first kappa shape index (κ1) is 22.4. The third-order valence-corrected chi connectivity index (χ3v) is 6.11. The lowest BCUT2D eigenvalue weighted by molar-refractivity contribution is -0.133. The molecule has 3 heterocycles. The van der Waals surface area contributed by atoms with Crippen LogP contribution in [0.25, 0.3) is 11.0 Å². The Bertz CT molecular complexity index is 1280. The lowest BCUT2D eigenvalue weighted by Gasteiger charge is -2.40. The average molecular weight is 455 g/mol. The highest BCUT2D eigenvalue weighted by molar-refractivity contribution is 5.88. The van der Waals surface area contributed by atoms with Crippen LogP contribution in [0.4, 0.5) is 14.6 Å². The Labute approximate surface area is 188 Å². The quantitative estimate of drug-likeness (QED) is 0.606. The number of aryl methyl sites for hydroxylation is 2. The fourth-order valence-corrected chi connectivity index (χ4v) is 4.38. The highest BCUT2D eigenvalue weighted by atomic mass is 19.3. The van der Waals surface area contributed by atoms with Crippen molar-refractivity contribution in [2.75, 3.05) is 25.9 Å². The molecule has 4 rings (SSSR count). The van der Waals surface area contributed by atoms with Crippen molar-refractivity contribution in [2.24, 2.45) is 0 Å². The number of amides is 1. The lowest BCUT2D eigenvalue weighted by atomic mass is 9.84. The number of fused-ring (bicyclic) bond motifs is 1. The summed E-state index contributed by atoms with van der Waals surface area (Å²) < 4.78 is 34.2. The van der Waals surface area contributed by atoms with Gasteiger partial charge in [0.1, 0.15) is 23.6 Å². The zero-order valence-corrected chi connectivity index (χ0v) is 18.5. The number of hydrogen-bond donors (Lipinski definition) is 1. The highest BCUT2D eigenvalue weighted by Gasteiger charge is 2.34. The minimum atomic E-state index is -2.82. The highest BCUT2D eigenvalue weighted by Crippen LogP contribution is 2.40. The van der Waals surface area contributed by atoms with Gasteiger partial charge in [-0.15, -0.1) is 0 Å². The second-order valence-corrected chi connectivity index (χ2v) is 8.00. The normalized spacial score (nSPS) is 13.9. The van der Waals surface area contributed by atoms with E-state index >= 15 is 0 Å². The lowest BCUT2D eigenvalue weighted by Crippen LogP contribution is -2.47. The van der Waals surface area contributed by atoms with Gasteiger partial charge >= 0.3 is 0 Å². The van der Waals surface area contributed by atoms with Crippen molar-refractivity contribution in [3.8, 4) is 11.8 Å². The Morgan fingerprint density at radius 3 is 2.73 bits per heavy atom. The standard InChI is InChI=1S/C22H23F2N7O2/c1-11-14(7-25)6-13(19(33-3)16(11)15-8-30(9-15)12(2)32)4-5-31-22-17(18(29-31)20(23)24)21(26)27-10-28-22/h6,10,15,20H,4-5,8-9H2,1-3H3,(H2,26,27,28). The summed E-state index contributed by atoms with van der Waals surface area (Å²) in [6, 6.07) is 3.98. The van der Waals surface area contributed by atoms with Crippen molar-refractivity contribution in [3.63, 3.8) is 0 Å². The zero-order chi connectivity index (χ0) is 23.9. The van der Waals surface area contributed by atoms with E-state index in [1.54, 1.807) is 18.1 Å². The van der Waals surface area contributed by atoms with Crippen LogP contribution in [0, 0.1) is 18.3 Å². The van der Waals surface area contributed by atoms with Gasteiger partial charge in [-0.05, 0) is 30.5 Å². The van der Waals surface area contributed by atoms with Gasteiger partial charge in [0.15, 0.2) is 5.65 Å². The van der Waals surface area contributed by atoms with E-state index in [0.717, 1.165) is 16.7 Å². The maximum Gasteiger partial charge on any atom is 0.282 e. The number of nitrogen functional groups attached to an aromatic ring is 1. The summed E-state index contributed by atoms with van der Waals surface area (Å²) in [6.07, 6.45) is -1.26. The Morgan fingerprint density at radius 2 is 2.12 bits per heavy atom. The SMILES string of the molecule is COc1c(CCn2nc(C(F)F)c3c(N)ncnc32)cc(C#N)c(C)c1C1CN(C(C)=O)C1. The molecule has 1 fully saturated rings. The first-order chi connectivity index (χ1) is 15.8. The number of halogens is 2. The van der Waals surface area contributed by atoms with Crippen molar-refractivity contribution < 1.29 is 18.3 Å². The van der Waals surface area contributed by atoms with E-state index in [9.17, 15) is 18.8 Å². The van der Waals surface area contributed by atoms with E-state index < -0.39 is 12.1 Å². The van der Waals surface area contributed by atoms with Gasteiger partial charge in [0.25, 0.3) is 6.43 Å². The molecule has 0 saturated carbocycles. The monoisotopic (exact) mass is 455 g/mol. The summed E-state index contributed by atoms with van der Waals surface area (Å²) in [5, 5.41) is 13.7. The molecule has 2 aromatic heterocycles. The number of rotatable bonds is 6. The smallest absolute Gasteiger partial charge is 0.282 e. The molecule has 0 aliphatic carbocycles. The molecule has 2 N–H and O–H groups in total. The van der Waals surface area contributed by atoms with Gasteiger partial charge < -0.3 is 15.4 Å². The van der Waals surface area contributed by atoms with Crippen LogP contribution in [-0.4, -0.2) is 50.8 Å². The molecular formula is C22H23F2N7O2. The number of likely N-dealkylation sites (tertiary alicyclic amines) is 1. The molecule has 172 valence electrons. The van der Waals surface area contributed by atoms with Gasteiger partial charge in [-0.2, -0.15) is 10.4 Å². The summed E-state index contributed by atoms with van der Waals surface area (Å²) >= 11 is 0. The maximum atomic E-state index is 13.5. The molecule has 1 aliphatic rings. The van der Waals surface area contributed by atoms with Crippen LogP contribution in [-0.2, 0) is 17.8 Å². The predicted octanol–water partition coefficient (Wildman–Crippen LogP) is 2.72. The Hall–Kier alpha value is -3.81. The Morgan fingerprint density at radius 1 is 1.39 bits per heavy atom. The van der Waals surface area contributed by atoms with Gasteiger partial charge in [-0.25, -0.2) is 23.4 Å². The molecule has 1 amide bonds. The molecule has 1 aliphatic heterocycles. The molecule has 0 unspecified atom stereocenters. The number of nitrogens with zero attached hydrogens (tertiary/aromatic N) is 6. The van der Waals surface area contributed by atoms with Gasteiger partial charge in [0.2, 0.25) is 5.91 Å². The maximum absolute atomic E-state index is 13.5. The molecule has 11 heteroatoms. The summed E-state index contributed by atoms with van der Waals surface area (Å²) in [5.74, 6) is 0.642. The number of nitriles is 1. The van der Waals surface area contributed by atoms with E-state index in [4.69, 9.17) is 10.5 Å². The number of carbonyl (C=O) groups is 1. The van der Waals surface area contributed by atoms with Gasteiger partial charge in [0, 0.05) is 38.0 Å². The third-order valence-electron chi connectivity index (χ3n) is 6.11. The number of nitrogens with two attached hydrogens (primary N) is 1. The number of aromatic nitrogens is 4. The van der Waals surface area contributed by atoms with E-state index in [-0.39, 0.29) is 35.2 Å². The summed E-state index contributed by atoms with van der Waals surface area (Å²) in [7, 11) is 1.56. The minimum Gasteiger partial charge on any atom is -0.496 e. The fraction of sp³-hybridized carbons (Fsp3) is 0.409. The van der Waals surface area contributed by atoms with Crippen molar-refractivity contribution in [1.82, 2.24) is 24.6 Å². The number of methoxy groups -OCH3 is 1. The predicted molar refractivity (Wildman–Crippen MR) is 116 cm³/mol. The molecule has 1 saturated heterocycles. The largest absolute Gasteiger partial charge is 0.496 e. The van der Waals surface area contributed by atoms with Crippen molar-refractivity contribution >= 4 is 22.8 Å². The van der Waals surface area contributed by atoms with E-state index in [1.165, 1.54) is 17.9 Å². The van der Waals surface area contributed by atoms with Crippen LogP contribution in [0.1, 0.15) is 47.2 Å². The third kappa shape index (κ3) is 3.82. The van der Waals surface area contributed by atoms with E-state index in [0.29, 0.717) is 30.8 Å². The van der Waals surface area contributed by atoms with Crippen molar-refractivity contribution in [1.29, 1.82) is 5.26 Å². The van der Waals surface area contributed by atoms with Crippen LogP contribution in [0.15, 0.2) is 12.4 Å². The first-order valence-electron chi connectivity index (χ1n) is 10.4. The van der Waals surface area contributed by atoms with Crippen LogP contribution in [0.5, 0.6) is 5.75 Å². The molecule has 0 radical (unpaired) electrons. The average Bonchev–Trinajstić information content (AvgIpc) is 3.12. The molecular weight excluding hydrogens is 432 g/mol. The molecule has 1 aromatic carbocycles. The number of anilines is 1. The minimum absolute atomic E-state index is 0.00110. The number of ether oxygens (including phenoxy) is 1. The van der Waals surface area contributed by atoms with Crippen molar-refractivity contribution in [3.05, 3.63) is 40.3 Å². The molecule has 33 heavy (non-hydrogen) atoms. The topological polar surface area (TPSA) is 123 Å². The molecule has 0 bridgehead atoms. The Kier molecular flexibility index (Phi) is 5.84. The van der Waals surface area contributed by atoms with Gasteiger partial charge in [-0.1, -0.05) is 0 Å². The summed E-state index contributed by atoms with van der Waals surface area (Å²) in [5.41, 5.74) is 8.53. The summed E-state index contributed by atoms with van der Waals surface area (Å²) in [4.78, 5) is 21.3. The zero-order valence-electron chi connectivity index (χ0n) is 18.5. The van der Waals surface area contributed by atoms with Crippen LogP contribution in [0.2, 0.25) is 0 Å². The molecule has 9 nitrogen and oxygen atoms in total. The van der Waals surface area contributed by atoms with E-state index in [2.05, 4.69) is 21.1 Å². The summed E-state index contributed by atoms with van der Waals surface area (Å²) in [6.45, 7) is 4.72. The molecule has 3 aromatic rings. The molecule has 0 atom stereocenters. The molecule has 0 spiro atoms. The van der Waals surface area contributed by atoms with Crippen molar-refractivity contribution in [2.45, 2.75) is 39.2 Å². The number of carbonyl (C=O) groups excluding carboxylic acids is 1. The van der Waals surface area contributed by atoms with E-state index in [1.807, 2.05) is 6.92 Å².